The van der Waals surface area contributed by atoms with Crippen molar-refractivity contribution in [1.82, 2.24) is 14.2 Å². The van der Waals surface area contributed by atoms with Crippen molar-refractivity contribution in [3.63, 3.8) is 0 Å². The maximum atomic E-state index is 12.5. The SMILES string of the molecule is CNS(=O)(=O)c1cc(C(=O)N(C)Cc2ccc(Br)cc2)n(C)c1. The molecule has 2 rings (SSSR count). The third-order valence-electron chi connectivity index (χ3n) is 3.46. The average Bonchev–Trinajstić information content (AvgIpc) is 2.91. The first-order valence-corrected chi connectivity index (χ1v) is 9.12. The highest BCUT2D eigenvalue weighted by molar-refractivity contribution is 9.10. The lowest BCUT2D eigenvalue weighted by Crippen LogP contribution is -2.27. The number of hydrogen-bond acceptors (Lipinski definition) is 3. The average molecular weight is 400 g/mol. The van der Waals surface area contributed by atoms with Crippen molar-refractivity contribution >= 4 is 31.9 Å². The Morgan fingerprint density at radius 3 is 2.48 bits per heavy atom. The Morgan fingerprint density at radius 2 is 1.91 bits per heavy atom. The van der Waals surface area contributed by atoms with E-state index in [9.17, 15) is 13.2 Å². The van der Waals surface area contributed by atoms with E-state index in [-0.39, 0.29) is 10.8 Å². The van der Waals surface area contributed by atoms with Gasteiger partial charge in [0.05, 0.1) is 0 Å². The molecule has 0 aliphatic rings. The monoisotopic (exact) mass is 399 g/mol. The summed E-state index contributed by atoms with van der Waals surface area (Å²) in [5.41, 5.74) is 1.31. The Balaban J connectivity index is 2.21. The molecule has 1 aromatic heterocycles. The van der Waals surface area contributed by atoms with Gasteiger partial charge >= 0.3 is 0 Å². The second kappa shape index (κ2) is 6.86. The first-order valence-electron chi connectivity index (χ1n) is 6.84. The van der Waals surface area contributed by atoms with Crippen LogP contribution in [0.4, 0.5) is 0 Å². The van der Waals surface area contributed by atoms with Crippen LogP contribution in [0.1, 0.15) is 16.1 Å². The minimum Gasteiger partial charge on any atom is -0.345 e. The van der Waals surface area contributed by atoms with E-state index in [1.54, 1.807) is 19.0 Å². The summed E-state index contributed by atoms with van der Waals surface area (Å²) in [6, 6.07) is 9.05. The molecule has 0 spiro atoms. The lowest BCUT2D eigenvalue weighted by atomic mass is 10.2. The summed E-state index contributed by atoms with van der Waals surface area (Å²) < 4.78 is 28.4. The second-order valence-electron chi connectivity index (χ2n) is 5.17. The molecule has 2 aromatic rings. The Morgan fingerprint density at radius 1 is 1.30 bits per heavy atom. The molecule has 0 bridgehead atoms. The highest BCUT2D eigenvalue weighted by Gasteiger charge is 2.21. The fourth-order valence-electron chi connectivity index (χ4n) is 2.14. The number of hydrogen-bond donors (Lipinski definition) is 1. The molecule has 1 heterocycles. The van der Waals surface area contributed by atoms with Crippen LogP contribution in [0, 0.1) is 0 Å². The first kappa shape index (κ1) is 17.7. The lowest BCUT2D eigenvalue weighted by Gasteiger charge is -2.17. The number of nitrogens with zero attached hydrogens (tertiary/aromatic N) is 2. The zero-order chi connectivity index (χ0) is 17.2. The quantitative estimate of drug-likeness (QED) is 0.834. The number of carbonyl (C=O) groups is 1. The molecular weight excluding hydrogens is 382 g/mol. The van der Waals surface area contributed by atoms with Crippen LogP contribution in [0.5, 0.6) is 0 Å². The van der Waals surface area contributed by atoms with Gasteiger partial charge in [-0.25, -0.2) is 13.1 Å². The van der Waals surface area contributed by atoms with Gasteiger partial charge in [-0.1, -0.05) is 28.1 Å². The minimum atomic E-state index is -3.57. The predicted molar refractivity (Wildman–Crippen MR) is 91.6 cm³/mol. The largest absolute Gasteiger partial charge is 0.345 e. The van der Waals surface area contributed by atoms with E-state index in [1.165, 1.54) is 23.9 Å². The smallest absolute Gasteiger partial charge is 0.270 e. The van der Waals surface area contributed by atoms with Crippen LogP contribution in [0.2, 0.25) is 0 Å². The van der Waals surface area contributed by atoms with Crippen LogP contribution >= 0.6 is 15.9 Å². The zero-order valence-electron chi connectivity index (χ0n) is 13.1. The molecule has 0 aliphatic carbocycles. The molecule has 0 fully saturated rings. The third kappa shape index (κ3) is 4.01. The van der Waals surface area contributed by atoms with E-state index in [1.807, 2.05) is 24.3 Å². The minimum absolute atomic E-state index is 0.0721. The maximum absolute atomic E-state index is 12.5. The highest BCUT2D eigenvalue weighted by Crippen LogP contribution is 2.16. The van der Waals surface area contributed by atoms with E-state index >= 15 is 0 Å². The van der Waals surface area contributed by atoms with Crippen molar-refractivity contribution < 1.29 is 13.2 Å². The van der Waals surface area contributed by atoms with Gasteiger partial charge in [0, 0.05) is 31.3 Å². The van der Waals surface area contributed by atoms with Crippen molar-refractivity contribution in [2.24, 2.45) is 7.05 Å². The summed E-state index contributed by atoms with van der Waals surface area (Å²) in [6.45, 7) is 0.436. The van der Waals surface area contributed by atoms with Gasteiger partial charge < -0.3 is 9.47 Å². The van der Waals surface area contributed by atoms with Gasteiger partial charge in [-0.15, -0.1) is 0 Å². The highest BCUT2D eigenvalue weighted by atomic mass is 79.9. The van der Waals surface area contributed by atoms with Crippen LogP contribution in [-0.4, -0.2) is 37.9 Å². The van der Waals surface area contributed by atoms with E-state index in [2.05, 4.69) is 20.7 Å². The van der Waals surface area contributed by atoms with Crippen molar-refractivity contribution in [2.45, 2.75) is 11.4 Å². The number of benzene rings is 1. The number of rotatable bonds is 5. The van der Waals surface area contributed by atoms with Gasteiger partial charge in [0.15, 0.2) is 0 Å². The summed E-state index contributed by atoms with van der Waals surface area (Å²) in [4.78, 5) is 14.2. The van der Waals surface area contributed by atoms with Gasteiger partial charge in [0.25, 0.3) is 5.91 Å². The molecule has 0 saturated carbocycles. The molecule has 0 saturated heterocycles. The van der Waals surface area contributed by atoms with Crippen LogP contribution < -0.4 is 4.72 Å². The molecular formula is C15H18BrN3O3S. The number of carbonyl (C=O) groups excluding carboxylic acids is 1. The Labute approximate surface area is 144 Å². The van der Waals surface area contributed by atoms with Crippen molar-refractivity contribution in [3.8, 4) is 0 Å². The van der Waals surface area contributed by atoms with Gasteiger partial charge in [0.2, 0.25) is 10.0 Å². The van der Waals surface area contributed by atoms with Crippen LogP contribution in [0.15, 0.2) is 45.9 Å². The summed E-state index contributed by atoms with van der Waals surface area (Å²) in [6.07, 6.45) is 1.42. The van der Waals surface area contributed by atoms with Gasteiger partial charge in [0.1, 0.15) is 10.6 Å². The summed E-state index contributed by atoms with van der Waals surface area (Å²) in [5, 5.41) is 0. The van der Waals surface area contributed by atoms with E-state index in [4.69, 9.17) is 0 Å². The second-order valence-corrected chi connectivity index (χ2v) is 7.97. The molecule has 0 unspecified atom stereocenters. The van der Waals surface area contributed by atoms with Gasteiger partial charge in [-0.05, 0) is 30.8 Å². The number of amides is 1. The molecule has 8 heteroatoms. The van der Waals surface area contributed by atoms with Gasteiger partial charge in [-0.3, -0.25) is 4.79 Å². The molecule has 0 radical (unpaired) electrons. The fourth-order valence-corrected chi connectivity index (χ4v) is 3.21. The number of sulfonamides is 1. The molecule has 0 aliphatic heterocycles. The molecule has 1 aromatic carbocycles. The summed E-state index contributed by atoms with van der Waals surface area (Å²) >= 11 is 3.37. The number of halogens is 1. The molecule has 0 atom stereocenters. The van der Waals surface area contributed by atoms with Crippen LogP contribution in [0.3, 0.4) is 0 Å². The normalized spacial score (nSPS) is 11.5. The topological polar surface area (TPSA) is 71.4 Å². The number of aryl methyl sites for hydroxylation is 1. The maximum Gasteiger partial charge on any atom is 0.270 e. The predicted octanol–water partition coefficient (Wildman–Crippen LogP) is 1.97. The molecule has 23 heavy (non-hydrogen) atoms. The number of aromatic nitrogens is 1. The third-order valence-corrected chi connectivity index (χ3v) is 5.37. The van der Waals surface area contributed by atoms with Crippen molar-refractivity contribution in [1.29, 1.82) is 0 Å². The van der Waals surface area contributed by atoms with Crippen molar-refractivity contribution in [3.05, 3.63) is 52.3 Å². The molecule has 6 nitrogen and oxygen atoms in total. The Kier molecular flexibility index (Phi) is 5.28. The zero-order valence-corrected chi connectivity index (χ0v) is 15.5. The first-order chi connectivity index (χ1) is 10.7. The standard InChI is InChI=1S/C15H18BrN3O3S/c1-17-23(21,22)13-8-14(18(2)10-13)15(20)19(3)9-11-4-6-12(16)7-5-11/h4-8,10,17H,9H2,1-3H3. The van der Waals surface area contributed by atoms with Crippen molar-refractivity contribution in [2.75, 3.05) is 14.1 Å². The Hall–Kier alpha value is -1.64. The Bertz CT molecular complexity index is 813. The lowest BCUT2D eigenvalue weighted by molar-refractivity contribution is 0.0775. The molecule has 1 N–H and O–H groups in total. The number of nitrogens with one attached hydrogen (secondary N) is 1. The summed E-state index contributed by atoms with van der Waals surface area (Å²) in [5.74, 6) is -0.243. The van der Waals surface area contributed by atoms with Crippen LogP contribution in [-0.2, 0) is 23.6 Å². The van der Waals surface area contributed by atoms with E-state index in [0.717, 1.165) is 10.0 Å². The molecule has 124 valence electrons. The van der Waals surface area contributed by atoms with E-state index < -0.39 is 10.0 Å². The van der Waals surface area contributed by atoms with E-state index in [0.29, 0.717) is 12.2 Å². The fraction of sp³-hybridized carbons (Fsp3) is 0.267. The van der Waals surface area contributed by atoms with Crippen LogP contribution in [0.25, 0.3) is 0 Å². The molecule has 1 amide bonds. The summed E-state index contributed by atoms with van der Waals surface area (Å²) in [7, 11) is 1.10. The van der Waals surface area contributed by atoms with Gasteiger partial charge in [-0.2, -0.15) is 0 Å².